The van der Waals surface area contributed by atoms with Crippen LogP contribution in [0.25, 0.3) is 0 Å². The molecule has 0 rings (SSSR count). The van der Waals surface area contributed by atoms with Gasteiger partial charge in [0.05, 0.1) is 0 Å². The average Bonchev–Trinajstić information content (AvgIpc) is 0.722. The van der Waals surface area contributed by atoms with Crippen LogP contribution in [0.4, 0.5) is 0 Å². The fraction of sp³-hybridized carbons (Fsp3) is 0. The molecule has 2 N–H and O–H groups in total. The van der Waals surface area contributed by atoms with Gasteiger partial charge < -0.3 is 0 Å². The van der Waals surface area contributed by atoms with Crippen molar-refractivity contribution in [2.45, 2.75) is 0 Å². The average molecular weight is 263 g/mol. The molecule has 0 unspecified atom stereocenters. The van der Waals surface area contributed by atoms with E-state index in [0.29, 0.717) is 0 Å². The largest absolute Gasteiger partial charge is 0.394 e. The van der Waals surface area contributed by atoms with E-state index >= 15 is 0 Å². The molecular formula is H2NiO4PdS. The smallest absolute Gasteiger partial charge is 0.264 e. The van der Waals surface area contributed by atoms with Crippen molar-refractivity contribution < 1.29 is 54.4 Å². The maximum Gasteiger partial charge on any atom is 0.394 e. The van der Waals surface area contributed by atoms with E-state index in [0.717, 1.165) is 0 Å². The van der Waals surface area contributed by atoms with Gasteiger partial charge >= 0.3 is 10.4 Å². The second kappa shape index (κ2) is 5.17. The Labute approximate surface area is 64.8 Å². The van der Waals surface area contributed by atoms with Gasteiger partial charge in [-0.05, 0) is 0 Å². The summed E-state index contributed by atoms with van der Waals surface area (Å²) < 4.78 is 31.6. The zero-order chi connectivity index (χ0) is 4.50. The summed E-state index contributed by atoms with van der Waals surface area (Å²) in [6.07, 6.45) is 0. The molecule has 0 aliphatic rings. The zero-order valence-electron chi connectivity index (χ0n) is 2.75. The first-order chi connectivity index (χ1) is 2.00. The molecule has 0 aromatic rings. The van der Waals surface area contributed by atoms with E-state index in [1.54, 1.807) is 0 Å². The summed E-state index contributed by atoms with van der Waals surface area (Å²) in [5.41, 5.74) is 0. The monoisotopic (exact) mass is 262 g/mol. The molecule has 4 nitrogen and oxygen atoms in total. The van der Waals surface area contributed by atoms with Crippen LogP contribution in [0.3, 0.4) is 0 Å². The number of hydrogen-bond donors (Lipinski definition) is 2. The van der Waals surface area contributed by atoms with Gasteiger partial charge in [-0.3, -0.25) is 9.11 Å². The van der Waals surface area contributed by atoms with Crippen LogP contribution in [-0.4, -0.2) is 17.5 Å². The minimum absolute atomic E-state index is 0. The van der Waals surface area contributed by atoms with Gasteiger partial charge in [0.1, 0.15) is 0 Å². The van der Waals surface area contributed by atoms with Crippen LogP contribution in [0.15, 0.2) is 0 Å². The number of hydrogen-bond acceptors (Lipinski definition) is 2. The molecule has 0 aliphatic carbocycles. The molecule has 0 atom stereocenters. The Morgan fingerprint density at radius 1 is 1.14 bits per heavy atom. The Kier molecular flexibility index (Phi) is 11.6. The van der Waals surface area contributed by atoms with E-state index < -0.39 is 10.4 Å². The normalized spacial score (nSPS) is 8.29. The van der Waals surface area contributed by atoms with Gasteiger partial charge in [-0.1, -0.05) is 0 Å². The van der Waals surface area contributed by atoms with Crippen LogP contribution in [0.1, 0.15) is 0 Å². The quantitative estimate of drug-likeness (QED) is 0.449. The van der Waals surface area contributed by atoms with E-state index in [-0.39, 0.29) is 36.9 Å². The predicted molar refractivity (Wildman–Crippen MR) is 14.2 cm³/mol. The Morgan fingerprint density at radius 3 is 1.14 bits per heavy atom. The summed E-state index contributed by atoms with van der Waals surface area (Å²) in [4.78, 5) is 0. The first kappa shape index (κ1) is 15.7. The molecule has 0 saturated carbocycles. The molecule has 0 amide bonds. The van der Waals surface area contributed by atoms with Gasteiger partial charge in [-0.2, -0.15) is 8.42 Å². The van der Waals surface area contributed by atoms with Crippen LogP contribution in [-0.2, 0) is 47.3 Å². The molecule has 7 heavy (non-hydrogen) atoms. The van der Waals surface area contributed by atoms with Gasteiger partial charge in [-0.15, -0.1) is 0 Å². The Morgan fingerprint density at radius 2 is 1.14 bits per heavy atom. The minimum Gasteiger partial charge on any atom is -0.264 e. The van der Waals surface area contributed by atoms with Gasteiger partial charge in [0, 0.05) is 36.9 Å². The summed E-state index contributed by atoms with van der Waals surface area (Å²) in [5, 5.41) is 0. The summed E-state index contributed by atoms with van der Waals surface area (Å²) in [7, 11) is -4.67. The third kappa shape index (κ3) is 169. The fourth-order valence-corrected chi connectivity index (χ4v) is 0. The molecule has 7 heteroatoms. The fourth-order valence-electron chi connectivity index (χ4n) is 0. The first-order valence-electron chi connectivity index (χ1n) is 0.698. The van der Waals surface area contributed by atoms with E-state index in [1.807, 2.05) is 0 Å². The Balaban J connectivity index is -0.0000000800. The molecule has 0 heterocycles. The van der Waals surface area contributed by atoms with Crippen molar-refractivity contribution in [3.63, 3.8) is 0 Å². The molecule has 0 aliphatic heterocycles. The van der Waals surface area contributed by atoms with E-state index in [1.165, 1.54) is 0 Å². The van der Waals surface area contributed by atoms with Crippen molar-refractivity contribution in [2.24, 2.45) is 0 Å². The summed E-state index contributed by atoms with van der Waals surface area (Å²) >= 11 is 0. The molecule has 0 saturated heterocycles. The second-order valence-corrected chi connectivity index (χ2v) is 1.34. The molecule has 0 aromatic carbocycles. The van der Waals surface area contributed by atoms with Gasteiger partial charge in [0.15, 0.2) is 0 Å². The maximum atomic E-state index is 8.74. The van der Waals surface area contributed by atoms with Crippen LogP contribution in [0.5, 0.6) is 0 Å². The summed E-state index contributed by atoms with van der Waals surface area (Å²) in [6, 6.07) is 0. The van der Waals surface area contributed by atoms with Crippen LogP contribution < -0.4 is 0 Å². The van der Waals surface area contributed by atoms with Crippen molar-refractivity contribution in [1.82, 2.24) is 0 Å². The van der Waals surface area contributed by atoms with Crippen molar-refractivity contribution in [3.05, 3.63) is 0 Å². The maximum absolute atomic E-state index is 8.74. The number of rotatable bonds is 0. The molecular weight excluding hydrogens is 261 g/mol. The topological polar surface area (TPSA) is 74.6 Å². The van der Waals surface area contributed by atoms with Gasteiger partial charge in [0.2, 0.25) is 0 Å². The Hall–Kier alpha value is 1.03. The second-order valence-electron chi connectivity index (χ2n) is 0.448. The first-order valence-corrected chi connectivity index (χ1v) is 2.10. The van der Waals surface area contributed by atoms with Crippen molar-refractivity contribution in [2.75, 3.05) is 0 Å². The summed E-state index contributed by atoms with van der Waals surface area (Å²) in [6.45, 7) is 0. The summed E-state index contributed by atoms with van der Waals surface area (Å²) in [5.74, 6) is 0. The predicted octanol–water partition coefficient (Wildman–Crippen LogP) is -0.658. The third-order valence-corrected chi connectivity index (χ3v) is 0. The van der Waals surface area contributed by atoms with Crippen molar-refractivity contribution in [1.29, 1.82) is 0 Å². The molecule has 0 bridgehead atoms. The molecule has 0 fully saturated rings. The van der Waals surface area contributed by atoms with E-state index in [9.17, 15) is 0 Å². The van der Waals surface area contributed by atoms with Crippen LogP contribution >= 0.6 is 0 Å². The molecule has 0 radical (unpaired) electrons. The molecule has 0 aromatic heterocycles. The van der Waals surface area contributed by atoms with E-state index in [4.69, 9.17) is 17.5 Å². The molecule has 52 valence electrons. The molecule has 0 spiro atoms. The van der Waals surface area contributed by atoms with Gasteiger partial charge in [-0.25, -0.2) is 0 Å². The SMILES string of the molecule is O=S(=O)(O)O.[Ni].[Pd]. The zero-order valence-corrected chi connectivity index (χ0v) is 6.11. The Bertz CT molecular complexity index is 94.9. The van der Waals surface area contributed by atoms with Crippen LogP contribution in [0.2, 0.25) is 0 Å². The van der Waals surface area contributed by atoms with Gasteiger partial charge in [0.25, 0.3) is 0 Å². The van der Waals surface area contributed by atoms with Crippen molar-refractivity contribution >= 4 is 10.4 Å². The van der Waals surface area contributed by atoms with Crippen LogP contribution in [0, 0.1) is 0 Å². The van der Waals surface area contributed by atoms with E-state index in [2.05, 4.69) is 0 Å². The standard InChI is InChI=1S/Ni.H2O4S.Pd/c;1-5(2,3)4;/h;(H2,1,2,3,4);. The van der Waals surface area contributed by atoms with Crippen molar-refractivity contribution in [3.8, 4) is 0 Å². The third-order valence-electron chi connectivity index (χ3n) is 0. The minimum atomic E-state index is -4.67.